The molecule has 1 spiro atoms. The molecule has 0 saturated carbocycles. The van der Waals surface area contributed by atoms with E-state index in [2.05, 4.69) is 220 Å². The van der Waals surface area contributed by atoms with Crippen molar-refractivity contribution < 1.29 is 0 Å². The Morgan fingerprint density at radius 2 is 1.00 bits per heavy atom. The summed E-state index contributed by atoms with van der Waals surface area (Å²) in [7, 11) is 0. The van der Waals surface area contributed by atoms with Crippen LogP contribution in [0.25, 0.3) is 22.3 Å². The van der Waals surface area contributed by atoms with Gasteiger partial charge in [-0.05, 0) is 141 Å². The van der Waals surface area contributed by atoms with Gasteiger partial charge in [-0.25, -0.2) is 0 Å². The summed E-state index contributed by atoms with van der Waals surface area (Å²) < 4.78 is 2.12. The van der Waals surface area contributed by atoms with Crippen LogP contribution in [0.15, 0.2) is 136 Å². The first-order valence-corrected chi connectivity index (χ1v) is 24.3. The quantitative estimate of drug-likeness (QED) is 0.0990. The Kier molecular flexibility index (Phi) is 12.2. The number of nitrogens with zero attached hydrogens (tertiary/aromatic N) is 1. The molecule has 0 radical (unpaired) electrons. The highest BCUT2D eigenvalue weighted by Crippen LogP contribution is 2.65. The summed E-state index contributed by atoms with van der Waals surface area (Å²) in [5, 5.41) is 0. The minimum Gasteiger partial charge on any atom is -0.310 e. The number of halogens is 2. The maximum Gasteiger partial charge on any atom is 0.0726 e. The van der Waals surface area contributed by atoms with E-state index in [9.17, 15) is 0 Å². The molecule has 0 bridgehead atoms. The molecule has 2 aliphatic carbocycles. The first kappa shape index (κ1) is 42.8. The molecule has 0 aliphatic heterocycles. The fourth-order valence-electron chi connectivity index (χ4n) is 10.7. The molecule has 8 rings (SSSR count). The van der Waals surface area contributed by atoms with Gasteiger partial charge in [0.2, 0.25) is 0 Å². The number of anilines is 3. The third-order valence-electron chi connectivity index (χ3n) is 14.5. The van der Waals surface area contributed by atoms with Crippen LogP contribution in [0, 0.1) is 11.8 Å². The van der Waals surface area contributed by atoms with E-state index in [0.29, 0.717) is 11.8 Å². The van der Waals surface area contributed by atoms with Crippen molar-refractivity contribution in [3.63, 3.8) is 0 Å². The van der Waals surface area contributed by atoms with E-state index in [1.165, 1.54) is 99.8 Å². The summed E-state index contributed by atoms with van der Waals surface area (Å²) in [5.74, 6) is 1.43. The van der Waals surface area contributed by atoms with Gasteiger partial charge < -0.3 is 4.90 Å². The second-order valence-corrected chi connectivity index (χ2v) is 21.0. The summed E-state index contributed by atoms with van der Waals surface area (Å²) in [6, 6.07) is 49.2. The summed E-state index contributed by atoms with van der Waals surface area (Å²) in [5.41, 5.74) is 17.1. The van der Waals surface area contributed by atoms with E-state index >= 15 is 0 Å². The summed E-state index contributed by atoms with van der Waals surface area (Å²) in [4.78, 5) is 2.46. The van der Waals surface area contributed by atoms with Crippen LogP contribution in [-0.2, 0) is 16.2 Å². The number of benzene rings is 6. The second-order valence-electron chi connectivity index (χ2n) is 19.2. The van der Waals surface area contributed by atoms with Crippen LogP contribution in [0.5, 0.6) is 0 Å². The molecule has 2 aliphatic rings. The van der Waals surface area contributed by atoms with Gasteiger partial charge in [0.05, 0.1) is 11.1 Å². The second kappa shape index (κ2) is 17.1. The van der Waals surface area contributed by atoms with Crippen LogP contribution in [-0.4, -0.2) is 0 Å². The van der Waals surface area contributed by atoms with Gasteiger partial charge in [0.15, 0.2) is 0 Å². The smallest absolute Gasteiger partial charge is 0.0726 e. The largest absolute Gasteiger partial charge is 0.310 e. The van der Waals surface area contributed by atoms with Crippen molar-refractivity contribution in [2.45, 2.75) is 123 Å². The van der Waals surface area contributed by atoms with E-state index in [4.69, 9.17) is 0 Å². The van der Waals surface area contributed by atoms with Gasteiger partial charge >= 0.3 is 0 Å². The zero-order valence-electron chi connectivity index (χ0n) is 37.1. The van der Waals surface area contributed by atoms with E-state index in [-0.39, 0.29) is 10.8 Å². The van der Waals surface area contributed by atoms with Gasteiger partial charge in [0.1, 0.15) is 0 Å². The molecule has 0 saturated heterocycles. The first-order valence-electron chi connectivity index (χ1n) is 22.7. The zero-order chi connectivity index (χ0) is 42.4. The first-order chi connectivity index (χ1) is 28.8. The van der Waals surface area contributed by atoms with Crippen LogP contribution < -0.4 is 4.90 Å². The number of hydrogen-bond acceptors (Lipinski definition) is 1. The Hall–Kier alpha value is -3.92. The normalized spacial score (nSPS) is 17.0. The van der Waals surface area contributed by atoms with Crippen molar-refractivity contribution in [3.8, 4) is 22.3 Å². The molecular formula is C57H63Br2N. The highest BCUT2D eigenvalue weighted by atomic mass is 79.9. The molecule has 2 atom stereocenters. The fraction of sp³-hybridized carbons (Fsp3) is 0.368. The monoisotopic (exact) mass is 919 g/mol. The molecule has 310 valence electrons. The van der Waals surface area contributed by atoms with E-state index in [0.717, 1.165) is 33.2 Å². The lowest BCUT2D eigenvalue weighted by Gasteiger charge is -2.35. The van der Waals surface area contributed by atoms with Crippen molar-refractivity contribution in [2.75, 3.05) is 4.90 Å². The summed E-state index contributed by atoms with van der Waals surface area (Å²) in [6.07, 6.45) is 9.65. The average Bonchev–Trinajstić information content (AvgIpc) is 3.70. The van der Waals surface area contributed by atoms with Crippen molar-refractivity contribution >= 4 is 48.9 Å². The minimum atomic E-state index is -0.474. The standard InChI is InChI=1S/C57H63Br2N/c1-9-55(7,32-16-18-38(3)4)40-28-30-46-47-31-29-41(56(8,10-2)33-17-19-39(5)6)35-52(47)57(51(46)34-40)49-25-12-11-24-48(49)54-50(57)26-15-27-53(54)60(44-22-13-20-42(58)36-44)45-23-14-21-43(59)37-45/h11-15,20-31,34-39H,9-10,16-19,32-33H2,1-8H3. The van der Waals surface area contributed by atoms with Gasteiger partial charge in [0, 0.05) is 25.9 Å². The van der Waals surface area contributed by atoms with E-state index in [1.807, 2.05) is 0 Å². The Bertz CT molecular complexity index is 2390. The van der Waals surface area contributed by atoms with Crippen LogP contribution >= 0.6 is 31.9 Å². The number of rotatable bonds is 15. The Morgan fingerprint density at radius 3 is 1.48 bits per heavy atom. The minimum absolute atomic E-state index is 0.0865. The highest BCUT2D eigenvalue weighted by Gasteiger charge is 2.53. The van der Waals surface area contributed by atoms with Crippen LogP contribution in [0.1, 0.15) is 140 Å². The molecular weight excluding hydrogens is 858 g/mol. The number of fused-ring (bicyclic) bond motifs is 10. The van der Waals surface area contributed by atoms with Crippen molar-refractivity contribution in [2.24, 2.45) is 11.8 Å². The predicted molar refractivity (Wildman–Crippen MR) is 265 cm³/mol. The molecule has 6 aromatic carbocycles. The summed E-state index contributed by atoms with van der Waals surface area (Å²) >= 11 is 7.66. The van der Waals surface area contributed by atoms with Crippen LogP contribution in [0.4, 0.5) is 17.1 Å². The lowest BCUT2D eigenvalue weighted by atomic mass is 9.67. The third kappa shape index (κ3) is 7.44. The molecule has 60 heavy (non-hydrogen) atoms. The molecule has 3 heteroatoms. The van der Waals surface area contributed by atoms with Crippen molar-refractivity contribution in [1.29, 1.82) is 0 Å². The molecule has 6 aromatic rings. The maximum absolute atomic E-state index is 3.83. The van der Waals surface area contributed by atoms with Crippen molar-refractivity contribution in [3.05, 3.63) is 170 Å². The molecule has 0 heterocycles. The van der Waals surface area contributed by atoms with Gasteiger partial charge in [-0.3, -0.25) is 0 Å². The Balaban J connectivity index is 1.43. The van der Waals surface area contributed by atoms with Crippen molar-refractivity contribution in [1.82, 2.24) is 0 Å². The Labute approximate surface area is 378 Å². The summed E-state index contributed by atoms with van der Waals surface area (Å²) in [6.45, 7) is 19.3. The SMILES string of the molecule is CCC(C)(CCCC(C)C)c1ccc2c(c1)C1(c3cc(C(C)(CC)CCCC(C)C)ccc3-2)c2ccccc2-c2c(N(c3cccc(Br)c3)c3cccc(Br)c3)cccc21. The van der Waals surface area contributed by atoms with E-state index < -0.39 is 5.41 Å². The predicted octanol–water partition coefficient (Wildman–Crippen LogP) is 18.0. The Morgan fingerprint density at radius 1 is 0.517 bits per heavy atom. The topological polar surface area (TPSA) is 3.24 Å². The van der Waals surface area contributed by atoms with Crippen LogP contribution in [0.2, 0.25) is 0 Å². The molecule has 0 amide bonds. The van der Waals surface area contributed by atoms with Crippen LogP contribution in [0.3, 0.4) is 0 Å². The highest BCUT2D eigenvalue weighted by molar-refractivity contribution is 9.10. The zero-order valence-corrected chi connectivity index (χ0v) is 40.3. The average molecular weight is 922 g/mol. The molecule has 0 N–H and O–H groups in total. The molecule has 2 unspecified atom stereocenters. The molecule has 0 fully saturated rings. The van der Waals surface area contributed by atoms with Gasteiger partial charge in [-0.2, -0.15) is 0 Å². The third-order valence-corrected chi connectivity index (χ3v) is 15.5. The molecule has 1 nitrogen and oxygen atoms in total. The number of hydrogen-bond donors (Lipinski definition) is 0. The molecule has 0 aromatic heterocycles. The van der Waals surface area contributed by atoms with Gasteiger partial charge in [-0.1, -0.05) is 198 Å². The van der Waals surface area contributed by atoms with Gasteiger partial charge in [0.25, 0.3) is 0 Å². The lowest BCUT2D eigenvalue weighted by molar-refractivity contribution is 0.382. The van der Waals surface area contributed by atoms with E-state index in [1.54, 1.807) is 0 Å². The lowest BCUT2D eigenvalue weighted by Crippen LogP contribution is -2.28. The maximum atomic E-state index is 3.83. The fourth-order valence-corrected chi connectivity index (χ4v) is 11.4. The van der Waals surface area contributed by atoms with Gasteiger partial charge in [-0.15, -0.1) is 0 Å².